The molecule has 2 aromatic carbocycles. The normalized spacial score (nSPS) is 17.6. The fraction of sp³-hybridized carbons (Fsp3) is 0.379. The van der Waals surface area contributed by atoms with Gasteiger partial charge in [-0.3, -0.25) is 9.89 Å². The van der Waals surface area contributed by atoms with E-state index in [1.165, 1.54) is 37.7 Å². The van der Waals surface area contributed by atoms with Gasteiger partial charge in [-0.05, 0) is 29.9 Å². The predicted molar refractivity (Wildman–Crippen MR) is 145 cm³/mol. The highest BCUT2D eigenvalue weighted by Crippen LogP contribution is 2.38. The van der Waals surface area contributed by atoms with Gasteiger partial charge in [-0.1, -0.05) is 79.9 Å². The lowest BCUT2D eigenvalue weighted by atomic mass is 9.89. The average molecular weight is 496 g/mol. The second-order valence-corrected chi connectivity index (χ2v) is 10.2. The highest BCUT2D eigenvalue weighted by molar-refractivity contribution is 5.98. The summed E-state index contributed by atoms with van der Waals surface area (Å²) in [4.78, 5) is 25.3. The molecule has 8 nitrogen and oxygen atoms in total. The molecule has 37 heavy (non-hydrogen) atoms. The Morgan fingerprint density at radius 3 is 2.43 bits per heavy atom. The standard InChI is InChI=1S/C29H33N7O/c37-28(30-16-20-10-4-1-5-11-20)23-19-36(18-22-14-8-3-9-15-22)27-24-25(23)34-35-26(24)32-29(33-27)31-17-21-12-6-2-7-13-21/h2-3,6-9,12-15,20,23H,1,4-5,10-11,16-19H2,(H,30,37)(H2,31,32,33,34,35). The number of benzene rings is 2. The number of aromatic amines is 1. The van der Waals surface area contributed by atoms with Crippen LogP contribution in [0.25, 0.3) is 11.0 Å². The van der Waals surface area contributed by atoms with Crippen molar-refractivity contribution in [2.24, 2.45) is 5.92 Å². The molecule has 1 aliphatic carbocycles. The summed E-state index contributed by atoms with van der Waals surface area (Å²) < 4.78 is 0. The lowest BCUT2D eigenvalue weighted by Gasteiger charge is -2.33. The van der Waals surface area contributed by atoms with E-state index in [9.17, 15) is 4.79 Å². The van der Waals surface area contributed by atoms with E-state index in [-0.39, 0.29) is 11.8 Å². The van der Waals surface area contributed by atoms with Gasteiger partial charge in [0.1, 0.15) is 5.82 Å². The number of carbonyl (C=O) groups excluding carboxylic acids is 1. The topological polar surface area (TPSA) is 98.8 Å². The van der Waals surface area contributed by atoms with E-state index in [1.807, 2.05) is 36.4 Å². The van der Waals surface area contributed by atoms with Crippen LogP contribution < -0.4 is 15.5 Å². The van der Waals surface area contributed by atoms with Crippen molar-refractivity contribution in [2.75, 3.05) is 23.3 Å². The summed E-state index contributed by atoms with van der Waals surface area (Å²) >= 11 is 0. The summed E-state index contributed by atoms with van der Waals surface area (Å²) in [5.41, 5.74) is 3.71. The molecule has 1 amide bonds. The molecule has 1 saturated carbocycles. The van der Waals surface area contributed by atoms with Crippen molar-refractivity contribution in [3.05, 3.63) is 77.5 Å². The molecule has 2 aromatic heterocycles. The summed E-state index contributed by atoms with van der Waals surface area (Å²) in [6.45, 7) is 2.55. The van der Waals surface area contributed by atoms with Crippen molar-refractivity contribution in [1.82, 2.24) is 25.5 Å². The van der Waals surface area contributed by atoms with Gasteiger partial charge >= 0.3 is 0 Å². The minimum absolute atomic E-state index is 0.0473. The zero-order valence-electron chi connectivity index (χ0n) is 21.0. The van der Waals surface area contributed by atoms with E-state index in [1.54, 1.807) is 0 Å². The molecule has 0 spiro atoms. The number of aromatic nitrogens is 4. The number of hydrogen-bond donors (Lipinski definition) is 3. The molecule has 3 heterocycles. The van der Waals surface area contributed by atoms with E-state index in [4.69, 9.17) is 4.98 Å². The molecular formula is C29H33N7O. The fourth-order valence-electron chi connectivity index (χ4n) is 5.58. The first kappa shape index (κ1) is 23.5. The summed E-state index contributed by atoms with van der Waals surface area (Å²) in [5, 5.41) is 15.1. The van der Waals surface area contributed by atoms with E-state index >= 15 is 0 Å². The molecule has 0 saturated heterocycles. The van der Waals surface area contributed by atoms with Crippen molar-refractivity contribution >= 4 is 28.7 Å². The Balaban J connectivity index is 1.29. The van der Waals surface area contributed by atoms with Crippen molar-refractivity contribution < 1.29 is 4.79 Å². The maximum absolute atomic E-state index is 13.5. The Hall–Kier alpha value is -3.94. The van der Waals surface area contributed by atoms with E-state index < -0.39 is 0 Å². The quantitative estimate of drug-likeness (QED) is 0.326. The maximum Gasteiger partial charge on any atom is 0.230 e. The lowest BCUT2D eigenvalue weighted by molar-refractivity contribution is -0.122. The van der Waals surface area contributed by atoms with Crippen LogP contribution in [0.3, 0.4) is 0 Å². The number of carbonyl (C=O) groups is 1. The van der Waals surface area contributed by atoms with Crippen LogP contribution in [-0.2, 0) is 17.9 Å². The van der Waals surface area contributed by atoms with Crippen LogP contribution in [0.1, 0.15) is 54.8 Å². The second kappa shape index (κ2) is 10.6. The number of nitrogens with one attached hydrogen (secondary N) is 3. The zero-order chi connectivity index (χ0) is 25.0. The van der Waals surface area contributed by atoms with Crippen LogP contribution in [0.4, 0.5) is 11.8 Å². The van der Waals surface area contributed by atoms with Gasteiger partial charge in [0.25, 0.3) is 0 Å². The summed E-state index contributed by atoms with van der Waals surface area (Å²) in [7, 11) is 0. The SMILES string of the molecule is O=C(NCC1CCCCC1)C1CN(Cc2ccccc2)c2nc(NCc3ccccc3)nc3n[nH]c1c23. The van der Waals surface area contributed by atoms with Gasteiger partial charge in [0.15, 0.2) is 5.65 Å². The minimum Gasteiger partial charge on any atom is -0.355 e. The molecule has 1 fully saturated rings. The smallest absolute Gasteiger partial charge is 0.230 e. The van der Waals surface area contributed by atoms with Gasteiger partial charge in [-0.2, -0.15) is 15.1 Å². The van der Waals surface area contributed by atoms with Crippen LogP contribution >= 0.6 is 0 Å². The van der Waals surface area contributed by atoms with Crippen LogP contribution in [0.15, 0.2) is 60.7 Å². The molecule has 8 heteroatoms. The Kier molecular flexibility index (Phi) is 6.71. The third-order valence-electron chi connectivity index (χ3n) is 7.59. The molecule has 0 radical (unpaired) electrons. The van der Waals surface area contributed by atoms with E-state index in [0.717, 1.165) is 29.0 Å². The molecule has 1 atom stereocenters. The number of nitrogens with zero attached hydrogens (tertiary/aromatic N) is 4. The molecule has 3 N–H and O–H groups in total. The third-order valence-corrected chi connectivity index (χ3v) is 7.59. The molecule has 6 rings (SSSR count). The number of anilines is 2. The highest BCUT2D eigenvalue weighted by Gasteiger charge is 2.35. The van der Waals surface area contributed by atoms with Gasteiger partial charge in [-0.15, -0.1) is 0 Å². The Morgan fingerprint density at radius 1 is 0.946 bits per heavy atom. The molecule has 0 bridgehead atoms. The van der Waals surface area contributed by atoms with Gasteiger partial charge in [0.2, 0.25) is 11.9 Å². The second-order valence-electron chi connectivity index (χ2n) is 10.2. The first-order valence-corrected chi connectivity index (χ1v) is 13.3. The number of hydrogen-bond acceptors (Lipinski definition) is 6. The third kappa shape index (κ3) is 5.14. The van der Waals surface area contributed by atoms with Crippen LogP contribution in [0.5, 0.6) is 0 Å². The Morgan fingerprint density at radius 2 is 1.68 bits per heavy atom. The number of H-pyrrole nitrogens is 1. The molecule has 190 valence electrons. The van der Waals surface area contributed by atoms with E-state index in [2.05, 4.69) is 55.0 Å². The monoisotopic (exact) mass is 495 g/mol. The summed E-state index contributed by atoms with van der Waals surface area (Å²) in [6, 6.07) is 20.5. The number of rotatable bonds is 8. The molecule has 1 unspecified atom stereocenters. The van der Waals surface area contributed by atoms with Gasteiger partial charge in [0, 0.05) is 26.2 Å². The van der Waals surface area contributed by atoms with Crippen LogP contribution in [-0.4, -0.2) is 39.2 Å². The molecule has 4 aromatic rings. The van der Waals surface area contributed by atoms with Gasteiger partial charge in [0.05, 0.1) is 17.0 Å². The summed E-state index contributed by atoms with van der Waals surface area (Å²) in [6.07, 6.45) is 6.25. The summed E-state index contributed by atoms with van der Waals surface area (Å²) in [5.74, 6) is 1.62. The maximum atomic E-state index is 13.5. The predicted octanol–water partition coefficient (Wildman–Crippen LogP) is 4.77. The molecule has 2 aliphatic rings. The molecular weight excluding hydrogens is 462 g/mol. The fourth-order valence-corrected chi connectivity index (χ4v) is 5.58. The zero-order valence-corrected chi connectivity index (χ0v) is 21.0. The largest absolute Gasteiger partial charge is 0.355 e. The van der Waals surface area contributed by atoms with Gasteiger partial charge < -0.3 is 15.5 Å². The molecule has 1 aliphatic heterocycles. The Labute approximate surface area is 216 Å². The van der Waals surface area contributed by atoms with Crippen molar-refractivity contribution in [3.8, 4) is 0 Å². The Bertz CT molecular complexity index is 1350. The van der Waals surface area contributed by atoms with Crippen LogP contribution in [0.2, 0.25) is 0 Å². The van der Waals surface area contributed by atoms with Gasteiger partial charge in [-0.25, -0.2) is 0 Å². The van der Waals surface area contributed by atoms with Crippen molar-refractivity contribution in [1.29, 1.82) is 0 Å². The minimum atomic E-state index is -0.350. The van der Waals surface area contributed by atoms with Crippen molar-refractivity contribution in [3.63, 3.8) is 0 Å². The first-order chi connectivity index (χ1) is 18.2. The van der Waals surface area contributed by atoms with E-state index in [0.29, 0.717) is 37.1 Å². The van der Waals surface area contributed by atoms with Crippen molar-refractivity contribution in [2.45, 2.75) is 51.1 Å². The highest BCUT2D eigenvalue weighted by atomic mass is 16.1. The van der Waals surface area contributed by atoms with Crippen LogP contribution in [0, 0.1) is 5.92 Å². The first-order valence-electron chi connectivity index (χ1n) is 13.3. The number of amides is 1. The lowest BCUT2D eigenvalue weighted by Crippen LogP contribution is -2.42. The average Bonchev–Trinajstić information content (AvgIpc) is 3.38.